The minimum atomic E-state index is -0.301. The number of rotatable bonds is 5. The van der Waals surface area contributed by atoms with Crippen molar-refractivity contribution in [3.63, 3.8) is 0 Å². The molecule has 3 heterocycles. The molecule has 2 aromatic carbocycles. The van der Waals surface area contributed by atoms with E-state index in [1.165, 1.54) is 22.1 Å². The zero-order valence-electron chi connectivity index (χ0n) is 17.7. The lowest BCUT2D eigenvalue weighted by molar-refractivity contribution is 0.0363. The molecule has 1 fully saturated rings. The van der Waals surface area contributed by atoms with Gasteiger partial charge >= 0.3 is 0 Å². The van der Waals surface area contributed by atoms with Crippen LogP contribution in [0.3, 0.4) is 0 Å². The Kier molecular flexibility index (Phi) is 5.17. The van der Waals surface area contributed by atoms with Crippen LogP contribution in [0.25, 0.3) is 22.3 Å². The molecule has 2 aromatic heterocycles. The number of hydrogen-bond donors (Lipinski definition) is 3. The quantitative estimate of drug-likeness (QED) is 0.459. The van der Waals surface area contributed by atoms with Crippen molar-refractivity contribution in [1.82, 2.24) is 30.5 Å². The molecule has 31 heavy (non-hydrogen) atoms. The minimum Gasteiger partial charge on any atom is -0.496 e. The first kappa shape index (κ1) is 19.7. The van der Waals surface area contributed by atoms with Gasteiger partial charge < -0.3 is 14.8 Å². The van der Waals surface area contributed by atoms with Crippen LogP contribution < -0.4 is 4.74 Å². The zero-order valence-corrected chi connectivity index (χ0v) is 17.7. The normalized spacial score (nSPS) is 19.7. The van der Waals surface area contributed by atoms with Crippen LogP contribution >= 0.6 is 0 Å². The van der Waals surface area contributed by atoms with Crippen LogP contribution in [0, 0.1) is 6.92 Å². The first-order chi connectivity index (χ1) is 15.1. The molecule has 4 aromatic rings. The molecule has 8 heteroatoms. The van der Waals surface area contributed by atoms with E-state index in [4.69, 9.17) is 4.74 Å². The maximum Gasteiger partial charge on any atom is 0.204 e. The number of aliphatic hydroxyl groups excluding tert-OH is 1. The van der Waals surface area contributed by atoms with Crippen molar-refractivity contribution < 1.29 is 9.84 Å². The lowest BCUT2D eigenvalue weighted by Gasteiger charge is -2.38. The van der Waals surface area contributed by atoms with Gasteiger partial charge in [0, 0.05) is 47.4 Å². The molecular weight excluding hydrogens is 392 g/mol. The Bertz CT molecular complexity index is 1170. The first-order valence-corrected chi connectivity index (χ1v) is 10.5. The summed E-state index contributed by atoms with van der Waals surface area (Å²) < 4.78 is 5.75. The number of fused-ring (bicyclic) bond motifs is 1. The number of nitrogens with zero attached hydrogens (tertiary/aromatic N) is 4. The van der Waals surface area contributed by atoms with Gasteiger partial charge in [-0.1, -0.05) is 24.3 Å². The molecule has 0 saturated carbocycles. The fourth-order valence-electron chi connectivity index (χ4n) is 4.65. The Morgan fingerprint density at radius 2 is 2.06 bits per heavy atom. The van der Waals surface area contributed by atoms with Crippen molar-refractivity contribution in [1.29, 1.82) is 0 Å². The Hall–Kier alpha value is -3.23. The van der Waals surface area contributed by atoms with Gasteiger partial charge in [0.2, 0.25) is 5.82 Å². The molecule has 5 rings (SSSR count). The van der Waals surface area contributed by atoms with E-state index in [1.54, 1.807) is 7.11 Å². The molecule has 0 bridgehead atoms. The van der Waals surface area contributed by atoms with E-state index >= 15 is 0 Å². The molecule has 160 valence electrons. The lowest BCUT2D eigenvalue weighted by atomic mass is 9.91. The van der Waals surface area contributed by atoms with Crippen molar-refractivity contribution in [2.75, 3.05) is 13.7 Å². The predicted octanol–water partition coefficient (Wildman–Crippen LogP) is 3.36. The number of piperidine rings is 1. The van der Waals surface area contributed by atoms with Gasteiger partial charge in [-0.2, -0.15) is 5.21 Å². The number of tetrazole rings is 1. The maximum atomic E-state index is 10.4. The molecule has 1 aliphatic rings. The largest absolute Gasteiger partial charge is 0.496 e. The highest BCUT2D eigenvalue weighted by Gasteiger charge is 2.30. The van der Waals surface area contributed by atoms with Crippen LogP contribution in [0.15, 0.2) is 42.6 Å². The van der Waals surface area contributed by atoms with Crippen LogP contribution in [0.1, 0.15) is 35.6 Å². The summed E-state index contributed by atoms with van der Waals surface area (Å²) in [6.07, 6.45) is 3.15. The summed E-state index contributed by atoms with van der Waals surface area (Å²) in [5.74, 6) is 1.48. The van der Waals surface area contributed by atoms with Crippen molar-refractivity contribution in [2.24, 2.45) is 0 Å². The number of hydrogen-bond acceptors (Lipinski definition) is 6. The molecule has 3 N–H and O–H groups in total. The van der Waals surface area contributed by atoms with Gasteiger partial charge in [0.05, 0.1) is 13.2 Å². The van der Waals surface area contributed by atoms with E-state index in [9.17, 15) is 5.11 Å². The number of ether oxygens (including phenoxy) is 1. The summed E-state index contributed by atoms with van der Waals surface area (Å²) >= 11 is 0. The van der Waals surface area contributed by atoms with Gasteiger partial charge in [0.1, 0.15) is 5.75 Å². The number of benzene rings is 2. The van der Waals surface area contributed by atoms with E-state index < -0.39 is 0 Å². The summed E-state index contributed by atoms with van der Waals surface area (Å²) in [5.41, 5.74) is 5.57. The van der Waals surface area contributed by atoms with E-state index in [0.29, 0.717) is 12.2 Å². The highest BCUT2D eigenvalue weighted by molar-refractivity contribution is 5.88. The second-order valence-corrected chi connectivity index (χ2v) is 8.16. The summed E-state index contributed by atoms with van der Waals surface area (Å²) in [6.45, 7) is 3.67. The van der Waals surface area contributed by atoms with Crippen LogP contribution in [0.4, 0.5) is 0 Å². The molecule has 0 spiro atoms. The van der Waals surface area contributed by atoms with E-state index in [1.807, 2.05) is 18.3 Å². The molecule has 0 radical (unpaired) electrons. The van der Waals surface area contributed by atoms with Crippen LogP contribution in [-0.2, 0) is 6.54 Å². The number of nitrogens with one attached hydrogen (secondary N) is 2. The van der Waals surface area contributed by atoms with Crippen molar-refractivity contribution in [3.05, 3.63) is 59.3 Å². The van der Waals surface area contributed by atoms with E-state index in [-0.39, 0.29) is 12.1 Å². The third-order valence-corrected chi connectivity index (χ3v) is 6.28. The van der Waals surface area contributed by atoms with Crippen molar-refractivity contribution >= 4 is 10.9 Å². The molecule has 8 nitrogen and oxygen atoms in total. The second-order valence-electron chi connectivity index (χ2n) is 8.16. The molecule has 0 amide bonds. The van der Waals surface area contributed by atoms with E-state index in [0.717, 1.165) is 36.3 Å². The predicted molar refractivity (Wildman–Crippen MR) is 118 cm³/mol. The Morgan fingerprint density at radius 1 is 1.23 bits per heavy atom. The van der Waals surface area contributed by atoms with Crippen molar-refractivity contribution in [2.45, 2.75) is 38.5 Å². The van der Waals surface area contributed by atoms with Crippen molar-refractivity contribution in [3.8, 4) is 17.1 Å². The fraction of sp³-hybridized carbons (Fsp3) is 0.348. The first-order valence-electron chi connectivity index (χ1n) is 10.5. The molecule has 2 atom stereocenters. The summed E-state index contributed by atoms with van der Waals surface area (Å²) in [5, 5.41) is 25.8. The Balaban J connectivity index is 1.48. The fourth-order valence-corrected chi connectivity index (χ4v) is 4.65. The average molecular weight is 419 g/mol. The monoisotopic (exact) mass is 418 g/mol. The SMILES string of the molecule is COc1cc(C)c2[nH]ccc2c1CN1CC[C@H](O)C[C@H]1c1ccc(-c2nn[nH]n2)cc1. The topological polar surface area (TPSA) is 103 Å². The van der Waals surface area contributed by atoms with E-state index in [2.05, 4.69) is 61.7 Å². The maximum absolute atomic E-state index is 10.4. The number of aliphatic hydroxyl groups is 1. The molecule has 0 aliphatic carbocycles. The number of aryl methyl sites for hydroxylation is 1. The van der Waals surface area contributed by atoms with Gasteiger partial charge in [-0.15, -0.1) is 10.2 Å². The number of aromatic amines is 2. The van der Waals surface area contributed by atoms with Crippen LogP contribution in [-0.4, -0.2) is 55.4 Å². The van der Waals surface area contributed by atoms with Gasteiger partial charge in [-0.05, 0) is 48.2 Å². The van der Waals surface area contributed by atoms with Gasteiger partial charge in [0.25, 0.3) is 0 Å². The number of methoxy groups -OCH3 is 1. The van der Waals surface area contributed by atoms with Gasteiger partial charge in [0.15, 0.2) is 0 Å². The second kappa shape index (κ2) is 8.13. The standard InChI is InChI=1S/C23H26N6O2/c1-14-11-21(31-2)19(18-7-9-24-22(14)18)13-29-10-8-17(30)12-20(29)15-3-5-16(6-4-15)23-25-27-28-26-23/h3-7,9,11,17,20,24,30H,8,10,12-13H2,1-2H3,(H,25,26,27,28)/t17-,20-/m0/s1. The van der Waals surface area contributed by atoms with Crippen LogP contribution in [0.5, 0.6) is 5.75 Å². The lowest BCUT2D eigenvalue weighted by Crippen LogP contribution is -2.38. The Labute approximate surface area is 180 Å². The minimum absolute atomic E-state index is 0.114. The molecule has 1 aliphatic heterocycles. The molecule has 0 unspecified atom stereocenters. The van der Waals surface area contributed by atoms with Gasteiger partial charge in [-0.25, -0.2) is 0 Å². The average Bonchev–Trinajstić information content (AvgIpc) is 3.49. The summed E-state index contributed by atoms with van der Waals surface area (Å²) in [4.78, 5) is 5.79. The number of H-pyrrole nitrogens is 2. The highest BCUT2D eigenvalue weighted by Crippen LogP contribution is 2.37. The van der Waals surface area contributed by atoms with Gasteiger partial charge in [-0.3, -0.25) is 4.90 Å². The Morgan fingerprint density at radius 3 is 2.81 bits per heavy atom. The third kappa shape index (κ3) is 3.68. The molecular formula is C23H26N6O2. The number of likely N-dealkylation sites (tertiary alicyclic amines) is 1. The highest BCUT2D eigenvalue weighted by atomic mass is 16.5. The van der Waals surface area contributed by atoms with Crippen LogP contribution in [0.2, 0.25) is 0 Å². The zero-order chi connectivity index (χ0) is 21.4. The smallest absolute Gasteiger partial charge is 0.204 e. The molecule has 1 saturated heterocycles. The third-order valence-electron chi connectivity index (χ3n) is 6.28. The number of aromatic nitrogens is 5. The summed E-state index contributed by atoms with van der Waals surface area (Å²) in [7, 11) is 1.73. The summed E-state index contributed by atoms with van der Waals surface area (Å²) in [6, 6.07) is 12.5.